The maximum absolute atomic E-state index is 12.3. The van der Waals surface area contributed by atoms with Crippen LogP contribution in [0.4, 0.5) is 5.95 Å². The van der Waals surface area contributed by atoms with E-state index >= 15 is 0 Å². The van der Waals surface area contributed by atoms with Crippen LogP contribution in [-0.4, -0.2) is 61.3 Å². The summed E-state index contributed by atoms with van der Waals surface area (Å²) in [6, 6.07) is 0. The molecule has 2 aromatic rings. The van der Waals surface area contributed by atoms with Gasteiger partial charge in [0.05, 0.1) is 25.4 Å². The molecule has 1 atom stereocenters. The molecular weight excluding hydrogens is 330 g/mol. The van der Waals surface area contributed by atoms with Crippen molar-refractivity contribution < 1.29 is 14.9 Å². The standard InChI is InChI=1S/C15H25N5O5/c1-9(2)25-8-10(22)7-20-11-12(17-14(20)16-5-4-6-21)19(3)15(24)18-13(11)23/h9-10,21-22H,4-8H2,1-3H3,(H,16,17)(H,18,23,24)/t10-/m1/s1. The molecule has 4 N–H and O–H groups in total. The number of rotatable bonds is 9. The van der Waals surface area contributed by atoms with Gasteiger partial charge >= 0.3 is 5.69 Å². The highest BCUT2D eigenvalue weighted by Crippen LogP contribution is 2.16. The number of ether oxygens (including phenoxy) is 1. The number of imidazole rings is 1. The molecule has 0 radical (unpaired) electrons. The number of fused-ring (bicyclic) bond motifs is 1. The van der Waals surface area contributed by atoms with Crippen molar-refractivity contribution in [3.63, 3.8) is 0 Å². The van der Waals surface area contributed by atoms with Crippen LogP contribution in [0.2, 0.25) is 0 Å². The van der Waals surface area contributed by atoms with E-state index in [2.05, 4.69) is 15.3 Å². The minimum atomic E-state index is -0.852. The summed E-state index contributed by atoms with van der Waals surface area (Å²) < 4.78 is 8.16. The average molecular weight is 355 g/mol. The van der Waals surface area contributed by atoms with Crippen LogP contribution in [0.1, 0.15) is 20.3 Å². The van der Waals surface area contributed by atoms with Gasteiger partial charge in [-0.25, -0.2) is 4.79 Å². The highest BCUT2D eigenvalue weighted by Gasteiger charge is 2.19. The van der Waals surface area contributed by atoms with Crippen LogP contribution in [0.3, 0.4) is 0 Å². The predicted octanol–water partition coefficient (Wildman–Crippen LogP) is -0.996. The zero-order valence-electron chi connectivity index (χ0n) is 14.7. The maximum Gasteiger partial charge on any atom is 0.329 e. The zero-order valence-corrected chi connectivity index (χ0v) is 14.7. The fraction of sp³-hybridized carbons (Fsp3) is 0.667. The number of anilines is 1. The molecule has 0 aromatic carbocycles. The Morgan fingerprint density at radius 3 is 2.72 bits per heavy atom. The molecule has 0 amide bonds. The van der Waals surface area contributed by atoms with Crippen molar-refractivity contribution in [3.8, 4) is 0 Å². The van der Waals surface area contributed by atoms with Gasteiger partial charge in [-0.3, -0.25) is 14.3 Å². The predicted molar refractivity (Wildman–Crippen MR) is 92.9 cm³/mol. The molecule has 0 aliphatic rings. The lowest BCUT2D eigenvalue weighted by Crippen LogP contribution is -2.30. The molecule has 0 spiro atoms. The van der Waals surface area contributed by atoms with E-state index in [9.17, 15) is 14.7 Å². The van der Waals surface area contributed by atoms with E-state index in [0.717, 1.165) is 0 Å². The van der Waals surface area contributed by atoms with Gasteiger partial charge in [-0.2, -0.15) is 4.98 Å². The smallest absolute Gasteiger partial charge is 0.329 e. The van der Waals surface area contributed by atoms with Crippen LogP contribution in [0, 0.1) is 0 Å². The number of aliphatic hydroxyl groups excluding tert-OH is 2. The molecule has 0 aliphatic heterocycles. The molecule has 2 heterocycles. The first-order valence-electron chi connectivity index (χ1n) is 8.19. The van der Waals surface area contributed by atoms with Crippen LogP contribution in [0.15, 0.2) is 9.59 Å². The van der Waals surface area contributed by atoms with E-state index in [1.54, 1.807) is 0 Å². The van der Waals surface area contributed by atoms with Gasteiger partial charge in [-0.05, 0) is 20.3 Å². The third-order valence-electron chi connectivity index (χ3n) is 3.64. The lowest BCUT2D eigenvalue weighted by molar-refractivity contribution is -0.000107. The number of hydrogen-bond acceptors (Lipinski definition) is 7. The van der Waals surface area contributed by atoms with Crippen molar-refractivity contribution in [2.75, 3.05) is 25.1 Å². The molecule has 140 valence electrons. The van der Waals surface area contributed by atoms with Gasteiger partial charge in [-0.15, -0.1) is 0 Å². The second-order valence-corrected chi connectivity index (χ2v) is 6.08. The minimum absolute atomic E-state index is 0.0111. The summed E-state index contributed by atoms with van der Waals surface area (Å²) in [7, 11) is 1.51. The van der Waals surface area contributed by atoms with Crippen LogP contribution in [-0.2, 0) is 18.3 Å². The fourth-order valence-electron chi connectivity index (χ4n) is 2.39. The van der Waals surface area contributed by atoms with E-state index in [-0.39, 0.29) is 37.0 Å². The molecule has 0 saturated carbocycles. The van der Waals surface area contributed by atoms with Crippen molar-refractivity contribution in [3.05, 3.63) is 20.8 Å². The second-order valence-electron chi connectivity index (χ2n) is 6.08. The number of aromatic amines is 1. The topological polar surface area (TPSA) is 134 Å². The van der Waals surface area contributed by atoms with Gasteiger partial charge in [0.25, 0.3) is 5.56 Å². The highest BCUT2D eigenvalue weighted by atomic mass is 16.5. The SMILES string of the molecule is CC(C)OC[C@H](O)Cn1c(NCCCO)nc2c1c(=O)[nH]c(=O)n2C. The lowest BCUT2D eigenvalue weighted by atomic mass is 10.3. The maximum atomic E-state index is 12.3. The molecule has 10 heteroatoms. The lowest BCUT2D eigenvalue weighted by Gasteiger charge is -2.16. The first kappa shape index (κ1) is 19.2. The van der Waals surface area contributed by atoms with Crippen molar-refractivity contribution in [2.45, 2.75) is 39.0 Å². The van der Waals surface area contributed by atoms with Crippen molar-refractivity contribution >= 4 is 17.1 Å². The Morgan fingerprint density at radius 2 is 2.08 bits per heavy atom. The summed E-state index contributed by atoms with van der Waals surface area (Å²) in [5.41, 5.74) is -0.722. The summed E-state index contributed by atoms with van der Waals surface area (Å²) >= 11 is 0. The first-order chi connectivity index (χ1) is 11.8. The molecule has 10 nitrogen and oxygen atoms in total. The number of hydrogen-bond donors (Lipinski definition) is 4. The first-order valence-corrected chi connectivity index (χ1v) is 8.19. The molecular formula is C15H25N5O5. The van der Waals surface area contributed by atoms with Crippen LogP contribution >= 0.6 is 0 Å². The number of H-pyrrole nitrogens is 1. The molecule has 25 heavy (non-hydrogen) atoms. The van der Waals surface area contributed by atoms with E-state index in [1.165, 1.54) is 16.2 Å². The normalized spacial score (nSPS) is 12.9. The van der Waals surface area contributed by atoms with Gasteiger partial charge in [-0.1, -0.05) is 0 Å². The second kappa shape index (κ2) is 8.28. The summed E-state index contributed by atoms with van der Waals surface area (Å²) in [6.45, 7) is 4.36. The molecule has 2 rings (SSSR count). The summed E-state index contributed by atoms with van der Waals surface area (Å²) in [4.78, 5) is 30.6. The number of aromatic nitrogens is 4. The Labute approximate surface area is 144 Å². The number of aliphatic hydroxyl groups is 2. The van der Waals surface area contributed by atoms with Crippen molar-refractivity contribution in [1.82, 2.24) is 19.1 Å². The van der Waals surface area contributed by atoms with Gasteiger partial charge < -0.3 is 24.8 Å². The average Bonchev–Trinajstić information content (AvgIpc) is 2.90. The highest BCUT2D eigenvalue weighted by molar-refractivity contribution is 5.74. The third-order valence-corrected chi connectivity index (χ3v) is 3.64. The van der Waals surface area contributed by atoms with E-state index < -0.39 is 17.4 Å². The molecule has 2 aromatic heterocycles. The molecule has 0 bridgehead atoms. The number of nitrogens with zero attached hydrogens (tertiary/aromatic N) is 3. The fourth-order valence-corrected chi connectivity index (χ4v) is 2.39. The Balaban J connectivity index is 2.42. The van der Waals surface area contributed by atoms with E-state index in [1.807, 2.05) is 13.8 Å². The van der Waals surface area contributed by atoms with E-state index in [0.29, 0.717) is 18.9 Å². The zero-order chi connectivity index (χ0) is 18.6. The number of aryl methyl sites for hydroxylation is 1. The molecule has 0 unspecified atom stereocenters. The molecule has 0 fully saturated rings. The number of nitrogens with one attached hydrogen (secondary N) is 2. The largest absolute Gasteiger partial charge is 0.396 e. The Morgan fingerprint density at radius 1 is 1.36 bits per heavy atom. The Hall–Kier alpha value is -2.17. The molecule has 0 saturated heterocycles. The molecule has 0 aliphatic carbocycles. The minimum Gasteiger partial charge on any atom is -0.396 e. The quantitative estimate of drug-likeness (QED) is 0.424. The van der Waals surface area contributed by atoms with Gasteiger partial charge in [0.2, 0.25) is 5.95 Å². The van der Waals surface area contributed by atoms with Gasteiger partial charge in [0.15, 0.2) is 11.2 Å². The monoisotopic (exact) mass is 355 g/mol. The van der Waals surface area contributed by atoms with Crippen LogP contribution in [0.25, 0.3) is 11.2 Å². The van der Waals surface area contributed by atoms with Crippen molar-refractivity contribution in [2.24, 2.45) is 7.05 Å². The van der Waals surface area contributed by atoms with Crippen LogP contribution < -0.4 is 16.6 Å². The third kappa shape index (κ3) is 4.47. The van der Waals surface area contributed by atoms with Crippen LogP contribution in [0.5, 0.6) is 0 Å². The summed E-state index contributed by atoms with van der Waals surface area (Å²) in [6.07, 6.45) is -0.382. The van der Waals surface area contributed by atoms with Crippen molar-refractivity contribution in [1.29, 1.82) is 0 Å². The summed E-state index contributed by atoms with van der Waals surface area (Å²) in [5.74, 6) is 0.346. The summed E-state index contributed by atoms with van der Waals surface area (Å²) in [5, 5.41) is 22.2. The Bertz CT molecular complexity index is 822. The van der Waals surface area contributed by atoms with Gasteiger partial charge in [0.1, 0.15) is 0 Å². The Kier molecular flexibility index (Phi) is 6.34. The van der Waals surface area contributed by atoms with Gasteiger partial charge in [0, 0.05) is 20.2 Å². The van der Waals surface area contributed by atoms with E-state index in [4.69, 9.17) is 9.84 Å².